The minimum Gasteiger partial charge on any atom is -0.480 e. The molecule has 0 bridgehead atoms. The van der Waals surface area contributed by atoms with E-state index < -0.39 is 12.0 Å². The van der Waals surface area contributed by atoms with Crippen molar-refractivity contribution in [2.24, 2.45) is 13.0 Å². The van der Waals surface area contributed by atoms with Gasteiger partial charge in [0.2, 0.25) is 5.91 Å². The Bertz CT molecular complexity index is 451. The largest absolute Gasteiger partial charge is 0.480 e. The first-order valence-electron chi connectivity index (χ1n) is 5.83. The summed E-state index contributed by atoms with van der Waals surface area (Å²) in [6.07, 6.45) is 0.133. The Morgan fingerprint density at radius 3 is 2.50 bits per heavy atom. The molecule has 2 N–H and O–H groups in total. The highest BCUT2D eigenvalue weighted by atomic mass is 16.4. The van der Waals surface area contributed by atoms with Crippen LogP contribution in [0.3, 0.4) is 0 Å². The van der Waals surface area contributed by atoms with Crippen molar-refractivity contribution in [2.75, 3.05) is 0 Å². The van der Waals surface area contributed by atoms with Crippen molar-refractivity contribution in [3.05, 3.63) is 17.5 Å². The summed E-state index contributed by atoms with van der Waals surface area (Å²) in [7, 11) is 1.76. The average molecular weight is 253 g/mol. The van der Waals surface area contributed by atoms with E-state index in [-0.39, 0.29) is 18.2 Å². The molecule has 1 atom stereocenters. The highest BCUT2D eigenvalue weighted by Crippen LogP contribution is 2.05. The van der Waals surface area contributed by atoms with E-state index in [2.05, 4.69) is 10.4 Å². The van der Waals surface area contributed by atoms with E-state index in [4.69, 9.17) is 5.11 Å². The maximum absolute atomic E-state index is 11.8. The first kappa shape index (κ1) is 14.2. The number of nitrogens with zero attached hydrogens (tertiary/aromatic N) is 2. The van der Waals surface area contributed by atoms with E-state index in [0.717, 1.165) is 11.4 Å². The standard InChI is InChI=1S/C12H19N3O3/c1-7(2)11(12(17)18)13-10(16)6-9-5-8(3)14-15(9)4/h5,7,11H,6H2,1-4H3,(H,13,16)(H,17,18)/t11-/m0/s1. The molecule has 1 heterocycles. The molecule has 0 fully saturated rings. The molecule has 0 saturated heterocycles. The molecule has 0 spiro atoms. The number of aryl methyl sites for hydroxylation is 2. The van der Waals surface area contributed by atoms with E-state index in [1.54, 1.807) is 25.6 Å². The van der Waals surface area contributed by atoms with Crippen molar-refractivity contribution >= 4 is 11.9 Å². The van der Waals surface area contributed by atoms with E-state index in [9.17, 15) is 9.59 Å². The third kappa shape index (κ3) is 3.58. The number of hydrogen-bond acceptors (Lipinski definition) is 3. The monoisotopic (exact) mass is 253 g/mol. The number of carbonyl (C=O) groups is 2. The normalized spacial score (nSPS) is 12.5. The molecule has 0 aliphatic rings. The number of aromatic nitrogens is 2. The smallest absolute Gasteiger partial charge is 0.326 e. The molecule has 6 nitrogen and oxygen atoms in total. The Kier molecular flexibility index (Phi) is 4.47. The van der Waals surface area contributed by atoms with Gasteiger partial charge in [0.15, 0.2) is 0 Å². The van der Waals surface area contributed by atoms with Gasteiger partial charge in [-0.15, -0.1) is 0 Å². The Morgan fingerprint density at radius 1 is 1.50 bits per heavy atom. The van der Waals surface area contributed by atoms with Crippen LogP contribution in [-0.4, -0.2) is 32.8 Å². The van der Waals surface area contributed by atoms with Crippen molar-refractivity contribution in [3.8, 4) is 0 Å². The molecule has 6 heteroatoms. The molecule has 1 rings (SSSR count). The second kappa shape index (κ2) is 5.66. The van der Waals surface area contributed by atoms with Gasteiger partial charge in [-0.25, -0.2) is 4.79 Å². The maximum Gasteiger partial charge on any atom is 0.326 e. The number of nitrogens with one attached hydrogen (secondary N) is 1. The first-order valence-corrected chi connectivity index (χ1v) is 5.83. The lowest BCUT2D eigenvalue weighted by atomic mass is 10.0. The zero-order chi connectivity index (χ0) is 13.9. The highest BCUT2D eigenvalue weighted by molar-refractivity contribution is 5.84. The second-order valence-corrected chi connectivity index (χ2v) is 4.70. The van der Waals surface area contributed by atoms with Gasteiger partial charge in [0.1, 0.15) is 6.04 Å². The lowest BCUT2D eigenvalue weighted by Crippen LogP contribution is -2.45. The topological polar surface area (TPSA) is 84.2 Å². The van der Waals surface area contributed by atoms with Crippen LogP contribution in [0.5, 0.6) is 0 Å². The summed E-state index contributed by atoms with van der Waals surface area (Å²) in [5, 5.41) is 15.6. The van der Waals surface area contributed by atoms with Crippen molar-refractivity contribution in [3.63, 3.8) is 0 Å². The molecule has 1 amide bonds. The van der Waals surface area contributed by atoms with Crippen molar-refractivity contribution in [2.45, 2.75) is 33.2 Å². The molecular weight excluding hydrogens is 234 g/mol. The number of amides is 1. The van der Waals surface area contributed by atoms with Gasteiger partial charge in [-0.2, -0.15) is 5.10 Å². The molecule has 1 aromatic rings. The fourth-order valence-electron chi connectivity index (χ4n) is 1.73. The van der Waals surface area contributed by atoms with Crippen molar-refractivity contribution in [1.82, 2.24) is 15.1 Å². The van der Waals surface area contributed by atoms with Crippen LogP contribution >= 0.6 is 0 Å². The summed E-state index contributed by atoms with van der Waals surface area (Å²) in [5.41, 5.74) is 1.59. The van der Waals surface area contributed by atoms with Crippen LogP contribution in [0, 0.1) is 12.8 Å². The summed E-state index contributed by atoms with van der Waals surface area (Å²) < 4.78 is 1.63. The third-order valence-corrected chi connectivity index (χ3v) is 2.69. The van der Waals surface area contributed by atoms with Gasteiger partial charge in [0.25, 0.3) is 0 Å². The predicted molar refractivity (Wildman–Crippen MR) is 66.1 cm³/mol. The van der Waals surface area contributed by atoms with Crippen LogP contribution in [0.15, 0.2) is 6.07 Å². The highest BCUT2D eigenvalue weighted by Gasteiger charge is 2.23. The zero-order valence-electron chi connectivity index (χ0n) is 11.1. The molecule has 0 aromatic carbocycles. The molecule has 0 unspecified atom stereocenters. The number of carboxylic acids is 1. The summed E-state index contributed by atoms with van der Waals surface area (Å²) in [4.78, 5) is 22.7. The summed E-state index contributed by atoms with van der Waals surface area (Å²) in [6.45, 7) is 5.36. The number of carboxylic acid groups (broad SMARTS) is 1. The van der Waals surface area contributed by atoms with E-state index in [1.165, 1.54) is 0 Å². The van der Waals surface area contributed by atoms with Crippen LogP contribution in [0.2, 0.25) is 0 Å². The molecule has 0 aliphatic heterocycles. The van der Waals surface area contributed by atoms with Crippen LogP contribution < -0.4 is 5.32 Å². The number of rotatable bonds is 5. The second-order valence-electron chi connectivity index (χ2n) is 4.70. The molecule has 0 radical (unpaired) electrons. The summed E-state index contributed by atoms with van der Waals surface area (Å²) in [6, 6.07) is 0.955. The lowest BCUT2D eigenvalue weighted by Gasteiger charge is -2.17. The fraction of sp³-hybridized carbons (Fsp3) is 0.583. The minimum absolute atomic E-state index is 0.133. The number of aliphatic carboxylic acids is 1. The Labute approximate surface area is 106 Å². The van der Waals surface area contributed by atoms with Crippen molar-refractivity contribution in [1.29, 1.82) is 0 Å². The van der Waals surface area contributed by atoms with Gasteiger partial charge in [-0.3, -0.25) is 9.48 Å². The molecule has 100 valence electrons. The maximum atomic E-state index is 11.8. The molecule has 0 saturated carbocycles. The molecule has 18 heavy (non-hydrogen) atoms. The van der Waals surface area contributed by atoms with Gasteiger partial charge in [-0.05, 0) is 18.9 Å². The van der Waals surface area contributed by atoms with Crippen molar-refractivity contribution < 1.29 is 14.7 Å². The van der Waals surface area contributed by atoms with Crippen LogP contribution in [0.1, 0.15) is 25.2 Å². The lowest BCUT2D eigenvalue weighted by molar-refractivity contribution is -0.143. The summed E-state index contributed by atoms with van der Waals surface area (Å²) in [5.74, 6) is -1.47. The van der Waals surface area contributed by atoms with Gasteiger partial charge >= 0.3 is 5.97 Å². The van der Waals surface area contributed by atoms with E-state index >= 15 is 0 Å². The Hall–Kier alpha value is -1.85. The Morgan fingerprint density at radius 2 is 2.11 bits per heavy atom. The first-order chi connectivity index (χ1) is 8.31. The molecule has 1 aromatic heterocycles. The minimum atomic E-state index is -1.01. The van der Waals surface area contributed by atoms with Gasteiger partial charge in [0.05, 0.1) is 12.1 Å². The number of hydrogen-bond donors (Lipinski definition) is 2. The Balaban J connectivity index is 2.66. The average Bonchev–Trinajstić information content (AvgIpc) is 2.53. The SMILES string of the molecule is Cc1cc(CC(=O)N[C@H](C(=O)O)C(C)C)n(C)n1. The van der Waals surface area contributed by atoms with Gasteiger partial charge in [-0.1, -0.05) is 13.8 Å². The van der Waals surface area contributed by atoms with Gasteiger partial charge < -0.3 is 10.4 Å². The molecular formula is C12H19N3O3. The summed E-state index contributed by atoms with van der Waals surface area (Å²) >= 11 is 0. The van der Waals surface area contributed by atoms with Gasteiger partial charge in [0, 0.05) is 12.7 Å². The zero-order valence-corrected chi connectivity index (χ0v) is 11.1. The predicted octanol–water partition coefficient (Wildman–Crippen LogP) is 0.496. The third-order valence-electron chi connectivity index (χ3n) is 2.69. The van der Waals surface area contributed by atoms with Crippen LogP contribution in [-0.2, 0) is 23.1 Å². The van der Waals surface area contributed by atoms with E-state index in [1.807, 2.05) is 13.0 Å². The number of carbonyl (C=O) groups excluding carboxylic acids is 1. The fourth-order valence-corrected chi connectivity index (χ4v) is 1.73. The quantitative estimate of drug-likeness (QED) is 0.800. The van der Waals surface area contributed by atoms with E-state index in [0.29, 0.717) is 0 Å². The van der Waals surface area contributed by atoms with Crippen LogP contribution in [0.25, 0.3) is 0 Å². The van der Waals surface area contributed by atoms with Crippen LogP contribution in [0.4, 0.5) is 0 Å². The molecule has 0 aliphatic carbocycles.